The number of aromatic nitrogens is 2. The largest absolute Gasteiger partial charge is 0.395 e. The molecule has 0 radical (unpaired) electrons. The van der Waals surface area contributed by atoms with Gasteiger partial charge in [0.1, 0.15) is 0 Å². The van der Waals surface area contributed by atoms with Gasteiger partial charge in [-0.15, -0.1) is 0 Å². The summed E-state index contributed by atoms with van der Waals surface area (Å²) in [6.07, 6.45) is 4.97. The topological polar surface area (TPSA) is 87.0 Å². The van der Waals surface area contributed by atoms with Crippen LogP contribution in [0.15, 0.2) is 0 Å². The van der Waals surface area contributed by atoms with Crippen LogP contribution in [0.1, 0.15) is 55.7 Å². The summed E-state index contributed by atoms with van der Waals surface area (Å²) in [5, 5.41) is 10.0. The van der Waals surface area contributed by atoms with Crippen molar-refractivity contribution in [2.24, 2.45) is 0 Å². The van der Waals surface area contributed by atoms with Gasteiger partial charge in [-0.2, -0.15) is 5.10 Å². The Morgan fingerprint density at radius 1 is 1.38 bits per heavy atom. The number of anilines is 1. The van der Waals surface area contributed by atoms with E-state index in [-0.39, 0.29) is 11.9 Å². The van der Waals surface area contributed by atoms with Gasteiger partial charge in [0.25, 0.3) is 5.91 Å². The highest BCUT2D eigenvalue weighted by Gasteiger charge is 2.23. The number of carbonyl (C=O) groups is 1. The summed E-state index contributed by atoms with van der Waals surface area (Å²) in [6.45, 7) is 7.52. The van der Waals surface area contributed by atoms with Crippen molar-refractivity contribution >= 4 is 11.6 Å². The number of rotatable bonds is 6. The third-order valence-corrected chi connectivity index (χ3v) is 4.06. The van der Waals surface area contributed by atoms with Crippen LogP contribution >= 0.6 is 0 Å². The van der Waals surface area contributed by atoms with Gasteiger partial charge in [-0.25, -0.2) is 0 Å². The van der Waals surface area contributed by atoms with Crippen LogP contribution in [0.3, 0.4) is 0 Å². The molecule has 0 unspecified atom stereocenters. The van der Waals surface area contributed by atoms with Crippen LogP contribution in [0.4, 0.5) is 5.69 Å². The predicted molar refractivity (Wildman–Crippen MR) is 84.2 cm³/mol. The number of carbonyl (C=O) groups excluding carboxylic acids is 1. The quantitative estimate of drug-likeness (QED) is 0.742. The molecule has 1 saturated heterocycles. The molecule has 21 heavy (non-hydrogen) atoms. The molecule has 1 aromatic rings. The number of H-pyrrole nitrogens is 1. The highest BCUT2D eigenvalue weighted by atomic mass is 16.2. The lowest BCUT2D eigenvalue weighted by atomic mass is 10.0. The second-order valence-electron chi connectivity index (χ2n) is 5.80. The van der Waals surface area contributed by atoms with Gasteiger partial charge in [0.15, 0.2) is 5.69 Å². The van der Waals surface area contributed by atoms with Crippen molar-refractivity contribution in [3.8, 4) is 0 Å². The Balaban J connectivity index is 1.87. The van der Waals surface area contributed by atoms with Crippen LogP contribution in [0.5, 0.6) is 0 Å². The van der Waals surface area contributed by atoms with E-state index >= 15 is 0 Å². The lowest BCUT2D eigenvalue weighted by molar-refractivity contribution is 0.0907. The van der Waals surface area contributed by atoms with E-state index in [1.165, 1.54) is 6.42 Å². The second-order valence-corrected chi connectivity index (χ2v) is 5.80. The summed E-state index contributed by atoms with van der Waals surface area (Å²) in [5.74, 6) is -0.153. The van der Waals surface area contributed by atoms with E-state index in [0.717, 1.165) is 51.0 Å². The number of hydrogen-bond donors (Lipinski definition) is 3. The SMILES string of the molecule is CCCc1[nH]nc(C(=O)NC2CCN(CCC)CC2)c1N. The first kappa shape index (κ1) is 15.8. The summed E-state index contributed by atoms with van der Waals surface area (Å²) in [6, 6.07) is 0.233. The van der Waals surface area contributed by atoms with Gasteiger partial charge in [0.2, 0.25) is 0 Å². The fraction of sp³-hybridized carbons (Fsp3) is 0.733. The third kappa shape index (κ3) is 3.97. The van der Waals surface area contributed by atoms with Gasteiger partial charge in [-0.05, 0) is 32.2 Å². The number of aryl methyl sites for hydroxylation is 1. The molecule has 1 aliphatic rings. The fourth-order valence-corrected chi connectivity index (χ4v) is 2.87. The molecule has 4 N–H and O–H groups in total. The van der Waals surface area contributed by atoms with Crippen LogP contribution in [-0.4, -0.2) is 46.7 Å². The van der Waals surface area contributed by atoms with E-state index in [4.69, 9.17) is 5.73 Å². The van der Waals surface area contributed by atoms with E-state index in [2.05, 4.69) is 34.3 Å². The van der Waals surface area contributed by atoms with Crippen molar-refractivity contribution < 1.29 is 4.79 Å². The number of amides is 1. The Kier molecular flexibility index (Phi) is 5.61. The van der Waals surface area contributed by atoms with Gasteiger partial charge in [0.05, 0.1) is 11.4 Å². The van der Waals surface area contributed by atoms with Crippen molar-refractivity contribution in [3.05, 3.63) is 11.4 Å². The minimum Gasteiger partial charge on any atom is -0.395 e. The van der Waals surface area contributed by atoms with Crippen molar-refractivity contribution in [2.75, 3.05) is 25.4 Å². The highest BCUT2D eigenvalue weighted by Crippen LogP contribution is 2.17. The molecule has 1 aliphatic heterocycles. The molecule has 2 rings (SSSR count). The Morgan fingerprint density at radius 2 is 2.10 bits per heavy atom. The minimum absolute atomic E-state index is 0.153. The third-order valence-electron chi connectivity index (χ3n) is 4.06. The Labute approximate surface area is 126 Å². The Hall–Kier alpha value is -1.56. The standard InChI is InChI=1S/C15H27N5O/c1-3-5-12-13(16)14(19-18-12)15(21)17-11-6-9-20(8-4-2)10-7-11/h11H,3-10,16H2,1-2H3,(H,17,21)(H,18,19). The summed E-state index contributed by atoms with van der Waals surface area (Å²) in [7, 11) is 0. The van der Waals surface area contributed by atoms with Gasteiger partial charge < -0.3 is 16.0 Å². The maximum absolute atomic E-state index is 12.3. The summed E-state index contributed by atoms with van der Waals surface area (Å²) in [5.41, 5.74) is 7.70. The highest BCUT2D eigenvalue weighted by molar-refractivity contribution is 5.97. The lowest BCUT2D eigenvalue weighted by Gasteiger charge is -2.31. The zero-order valence-electron chi connectivity index (χ0n) is 13.1. The zero-order valence-corrected chi connectivity index (χ0v) is 13.1. The van der Waals surface area contributed by atoms with Gasteiger partial charge in [-0.3, -0.25) is 9.89 Å². The summed E-state index contributed by atoms with van der Waals surface area (Å²) < 4.78 is 0. The fourth-order valence-electron chi connectivity index (χ4n) is 2.87. The van der Waals surface area contributed by atoms with Gasteiger partial charge >= 0.3 is 0 Å². The molecule has 0 aliphatic carbocycles. The van der Waals surface area contributed by atoms with Crippen LogP contribution < -0.4 is 11.1 Å². The number of aromatic amines is 1. The van der Waals surface area contributed by atoms with Crippen LogP contribution in [0.2, 0.25) is 0 Å². The maximum Gasteiger partial charge on any atom is 0.274 e. The van der Waals surface area contributed by atoms with Crippen molar-refractivity contribution in [1.29, 1.82) is 0 Å². The maximum atomic E-state index is 12.3. The molecule has 6 heteroatoms. The summed E-state index contributed by atoms with van der Waals surface area (Å²) >= 11 is 0. The van der Waals surface area contributed by atoms with Crippen molar-refractivity contribution in [1.82, 2.24) is 20.4 Å². The van der Waals surface area contributed by atoms with E-state index in [0.29, 0.717) is 11.4 Å². The molecule has 0 atom stereocenters. The lowest BCUT2D eigenvalue weighted by Crippen LogP contribution is -2.45. The number of nitrogens with one attached hydrogen (secondary N) is 2. The smallest absolute Gasteiger partial charge is 0.274 e. The molecule has 0 saturated carbocycles. The minimum atomic E-state index is -0.153. The number of nitrogens with two attached hydrogens (primary N) is 1. The normalized spacial score (nSPS) is 17.0. The number of piperidine rings is 1. The molecular weight excluding hydrogens is 266 g/mol. The molecule has 0 aromatic carbocycles. The Morgan fingerprint density at radius 3 is 2.71 bits per heavy atom. The number of nitrogen functional groups attached to an aromatic ring is 1. The first-order chi connectivity index (χ1) is 10.2. The van der Waals surface area contributed by atoms with E-state index in [1.54, 1.807) is 0 Å². The van der Waals surface area contributed by atoms with Crippen molar-refractivity contribution in [3.63, 3.8) is 0 Å². The van der Waals surface area contributed by atoms with E-state index in [1.807, 2.05) is 0 Å². The number of likely N-dealkylation sites (tertiary alicyclic amines) is 1. The molecule has 1 fully saturated rings. The average molecular weight is 293 g/mol. The zero-order chi connectivity index (χ0) is 15.2. The molecular formula is C15H27N5O. The predicted octanol–water partition coefficient (Wildman–Crippen LogP) is 1.55. The van der Waals surface area contributed by atoms with E-state index in [9.17, 15) is 4.79 Å². The first-order valence-corrected chi connectivity index (χ1v) is 8.01. The van der Waals surface area contributed by atoms with Gasteiger partial charge in [0, 0.05) is 19.1 Å². The van der Waals surface area contributed by atoms with Crippen LogP contribution in [-0.2, 0) is 6.42 Å². The number of hydrogen-bond acceptors (Lipinski definition) is 4. The molecule has 1 amide bonds. The summed E-state index contributed by atoms with van der Waals surface area (Å²) in [4.78, 5) is 14.7. The van der Waals surface area contributed by atoms with Crippen molar-refractivity contribution in [2.45, 2.75) is 52.0 Å². The van der Waals surface area contributed by atoms with Crippen LogP contribution in [0.25, 0.3) is 0 Å². The monoisotopic (exact) mass is 293 g/mol. The molecule has 0 spiro atoms. The van der Waals surface area contributed by atoms with E-state index < -0.39 is 0 Å². The van der Waals surface area contributed by atoms with Crippen LogP contribution in [0, 0.1) is 0 Å². The molecule has 118 valence electrons. The number of nitrogens with zero attached hydrogens (tertiary/aromatic N) is 2. The first-order valence-electron chi connectivity index (χ1n) is 8.01. The molecule has 6 nitrogen and oxygen atoms in total. The molecule has 0 bridgehead atoms. The second kappa shape index (κ2) is 7.45. The molecule has 2 heterocycles. The average Bonchev–Trinajstić information content (AvgIpc) is 2.83. The van der Waals surface area contributed by atoms with Gasteiger partial charge in [-0.1, -0.05) is 20.3 Å². The Bertz CT molecular complexity index is 463. The molecule has 1 aromatic heterocycles.